The van der Waals surface area contributed by atoms with Crippen molar-refractivity contribution in [1.29, 1.82) is 0 Å². The summed E-state index contributed by atoms with van der Waals surface area (Å²) in [5.74, 6) is 0.647. The Balaban J connectivity index is 1.85. The zero-order valence-electron chi connectivity index (χ0n) is 9.93. The summed E-state index contributed by atoms with van der Waals surface area (Å²) < 4.78 is 5.07. The van der Waals surface area contributed by atoms with Crippen LogP contribution in [0.25, 0.3) is 0 Å². The number of pyridine rings is 1. The molecule has 0 radical (unpaired) electrons. The Bertz CT molecular complexity index is 484. The maximum Gasteiger partial charge on any atom is 0.213 e. The highest BCUT2D eigenvalue weighted by Crippen LogP contribution is 2.08. The lowest BCUT2D eigenvalue weighted by Gasteiger charge is -2.04. The van der Waals surface area contributed by atoms with Crippen LogP contribution >= 0.6 is 11.3 Å². The van der Waals surface area contributed by atoms with Gasteiger partial charge in [0.05, 0.1) is 23.5 Å². The molecule has 2 rings (SSSR count). The van der Waals surface area contributed by atoms with Crippen LogP contribution in [0.4, 0.5) is 0 Å². The third kappa shape index (κ3) is 3.51. The van der Waals surface area contributed by atoms with Crippen LogP contribution in [0.15, 0.2) is 23.6 Å². The average molecular weight is 249 g/mol. The lowest BCUT2D eigenvalue weighted by Crippen LogP contribution is -2.14. The van der Waals surface area contributed by atoms with Crippen LogP contribution in [0.1, 0.15) is 16.4 Å². The molecular formula is C12H15N3OS. The average Bonchev–Trinajstić information content (AvgIpc) is 2.75. The lowest BCUT2D eigenvalue weighted by atomic mass is 10.3. The summed E-state index contributed by atoms with van der Waals surface area (Å²) in [5, 5.41) is 6.48. The van der Waals surface area contributed by atoms with Gasteiger partial charge in [0.15, 0.2) is 0 Å². The molecule has 0 spiro atoms. The van der Waals surface area contributed by atoms with Crippen LogP contribution in [0.5, 0.6) is 5.88 Å². The lowest BCUT2D eigenvalue weighted by molar-refractivity contribution is 0.395. The Morgan fingerprint density at radius 1 is 1.24 bits per heavy atom. The number of thiazole rings is 1. The highest BCUT2D eigenvalue weighted by atomic mass is 32.1. The highest BCUT2D eigenvalue weighted by molar-refractivity contribution is 7.09. The summed E-state index contributed by atoms with van der Waals surface area (Å²) in [5.41, 5.74) is 2.05. The molecule has 0 aliphatic carbocycles. The van der Waals surface area contributed by atoms with Crippen molar-refractivity contribution in [3.8, 4) is 5.88 Å². The number of hydrogen-bond donors (Lipinski definition) is 1. The summed E-state index contributed by atoms with van der Waals surface area (Å²) in [6.07, 6.45) is 0. The van der Waals surface area contributed by atoms with Gasteiger partial charge in [-0.1, -0.05) is 6.07 Å². The first-order chi connectivity index (χ1) is 8.28. The monoisotopic (exact) mass is 249 g/mol. The van der Waals surface area contributed by atoms with E-state index in [2.05, 4.69) is 20.7 Å². The molecule has 0 aliphatic rings. The molecule has 0 fully saturated rings. The van der Waals surface area contributed by atoms with Crippen LogP contribution in [-0.4, -0.2) is 17.1 Å². The largest absolute Gasteiger partial charge is 0.481 e. The van der Waals surface area contributed by atoms with Crippen molar-refractivity contribution in [2.45, 2.75) is 20.0 Å². The van der Waals surface area contributed by atoms with Crippen molar-refractivity contribution >= 4 is 11.3 Å². The molecule has 0 atom stereocenters. The van der Waals surface area contributed by atoms with Gasteiger partial charge in [-0.05, 0) is 13.0 Å². The molecule has 4 nitrogen and oxygen atoms in total. The number of aromatic nitrogens is 2. The fourth-order valence-electron chi connectivity index (χ4n) is 1.48. The molecule has 2 aromatic rings. The molecule has 0 saturated carbocycles. The fourth-order valence-corrected chi connectivity index (χ4v) is 2.09. The van der Waals surface area contributed by atoms with Crippen molar-refractivity contribution in [3.63, 3.8) is 0 Å². The summed E-state index contributed by atoms with van der Waals surface area (Å²) in [6, 6.07) is 5.75. The number of hydrogen-bond acceptors (Lipinski definition) is 5. The molecular weight excluding hydrogens is 234 g/mol. The normalized spacial score (nSPS) is 10.5. The van der Waals surface area contributed by atoms with E-state index in [0.717, 1.165) is 22.9 Å². The minimum atomic E-state index is 0.647. The Morgan fingerprint density at radius 3 is 2.76 bits per heavy atom. The first kappa shape index (κ1) is 12.0. The van der Waals surface area contributed by atoms with Crippen LogP contribution in [0, 0.1) is 6.92 Å². The second-order valence-electron chi connectivity index (χ2n) is 3.63. The number of aryl methyl sites for hydroxylation is 1. The SMILES string of the molecule is COc1cccc(CNCc2csc(C)n2)n1. The smallest absolute Gasteiger partial charge is 0.213 e. The van der Waals surface area contributed by atoms with Gasteiger partial charge >= 0.3 is 0 Å². The first-order valence-corrected chi connectivity index (χ1v) is 6.27. The van der Waals surface area contributed by atoms with Crippen molar-refractivity contribution in [2.24, 2.45) is 0 Å². The summed E-state index contributed by atoms with van der Waals surface area (Å²) in [6.45, 7) is 3.49. The van der Waals surface area contributed by atoms with Crippen LogP contribution in [-0.2, 0) is 13.1 Å². The van der Waals surface area contributed by atoms with Crippen LogP contribution < -0.4 is 10.1 Å². The topological polar surface area (TPSA) is 47.0 Å². The second-order valence-corrected chi connectivity index (χ2v) is 4.69. The van der Waals surface area contributed by atoms with Gasteiger partial charge in [-0.3, -0.25) is 0 Å². The van der Waals surface area contributed by atoms with Crippen molar-refractivity contribution < 1.29 is 4.74 Å². The first-order valence-electron chi connectivity index (χ1n) is 5.39. The minimum Gasteiger partial charge on any atom is -0.481 e. The predicted molar refractivity (Wildman–Crippen MR) is 68.2 cm³/mol. The molecule has 0 saturated heterocycles. The molecule has 2 heterocycles. The third-order valence-electron chi connectivity index (χ3n) is 2.27. The molecule has 90 valence electrons. The molecule has 0 aromatic carbocycles. The summed E-state index contributed by atoms with van der Waals surface area (Å²) in [7, 11) is 1.62. The molecule has 5 heteroatoms. The summed E-state index contributed by atoms with van der Waals surface area (Å²) in [4.78, 5) is 8.71. The second kappa shape index (κ2) is 5.75. The van der Waals surface area contributed by atoms with E-state index in [1.807, 2.05) is 25.1 Å². The molecule has 1 N–H and O–H groups in total. The Hall–Kier alpha value is -1.46. The predicted octanol–water partition coefficient (Wildman–Crippen LogP) is 2.14. The van der Waals surface area contributed by atoms with E-state index in [1.54, 1.807) is 18.4 Å². The van der Waals surface area contributed by atoms with E-state index in [9.17, 15) is 0 Å². The maximum absolute atomic E-state index is 5.07. The molecule has 17 heavy (non-hydrogen) atoms. The van der Waals surface area contributed by atoms with Gasteiger partial charge < -0.3 is 10.1 Å². The van der Waals surface area contributed by atoms with E-state index < -0.39 is 0 Å². The molecule has 0 amide bonds. The van der Waals surface area contributed by atoms with E-state index in [0.29, 0.717) is 12.4 Å². The molecule has 0 aliphatic heterocycles. The quantitative estimate of drug-likeness (QED) is 0.882. The van der Waals surface area contributed by atoms with Gasteiger partial charge in [-0.25, -0.2) is 9.97 Å². The van der Waals surface area contributed by atoms with E-state index in [4.69, 9.17) is 4.74 Å². The number of methoxy groups -OCH3 is 1. The van der Waals surface area contributed by atoms with Crippen LogP contribution in [0.3, 0.4) is 0 Å². The van der Waals surface area contributed by atoms with Crippen LogP contribution in [0.2, 0.25) is 0 Å². The minimum absolute atomic E-state index is 0.647. The van der Waals surface area contributed by atoms with Gasteiger partial charge in [0.2, 0.25) is 5.88 Å². The number of nitrogens with zero attached hydrogens (tertiary/aromatic N) is 2. The van der Waals surface area contributed by atoms with Gasteiger partial charge in [0.25, 0.3) is 0 Å². The van der Waals surface area contributed by atoms with E-state index >= 15 is 0 Å². The summed E-state index contributed by atoms with van der Waals surface area (Å²) >= 11 is 1.67. The Kier molecular flexibility index (Phi) is 4.06. The van der Waals surface area contributed by atoms with Crippen molar-refractivity contribution in [3.05, 3.63) is 40.0 Å². The zero-order chi connectivity index (χ0) is 12.1. The van der Waals surface area contributed by atoms with Gasteiger partial charge in [0, 0.05) is 24.5 Å². The molecule has 0 unspecified atom stereocenters. The van der Waals surface area contributed by atoms with Crippen molar-refractivity contribution in [2.75, 3.05) is 7.11 Å². The third-order valence-corrected chi connectivity index (χ3v) is 3.09. The fraction of sp³-hybridized carbons (Fsp3) is 0.333. The molecule has 0 bridgehead atoms. The van der Waals surface area contributed by atoms with Crippen molar-refractivity contribution in [1.82, 2.24) is 15.3 Å². The highest BCUT2D eigenvalue weighted by Gasteiger charge is 2.00. The Labute approximate surface area is 105 Å². The van der Waals surface area contributed by atoms with Gasteiger partial charge in [0.1, 0.15) is 0 Å². The zero-order valence-corrected chi connectivity index (χ0v) is 10.8. The number of rotatable bonds is 5. The molecule has 2 aromatic heterocycles. The van der Waals surface area contributed by atoms with Gasteiger partial charge in [-0.15, -0.1) is 11.3 Å². The standard InChI is InChI=1S/C12H15N3OS/c1-9-14-11(8-17-9)7-13-6-10-4-3-5-12(15-10)16-2/h3-5,8,13H,6-7H2,1-2H3. The van der Waals surface area contributed by atoms with E-state index in [1.165, 1.54) is 0 Å². The van der Waals surface area contributed by atoms with Gasteiger partial charge in [-0.2, -0.15) is 0 Å². The Morgan fingerprint density at radius 2 is 2.06 bits per heavy atom. The number of ether oxygens (including phenoxy) is 1. The maximum atomic E-state index is 5.07. The number of nitrogens with one attached hydrogen (secondary N) is 1. The van der Waals surface area contributed by atoms with E-state index in [-0.39, 0.29) is 0 Å².